The van der Waals surface area contributed by atoms with E-state index in [9.17, 15) is 0 Å². The van der Waals surface area contributed by atoms with Gasteiger partial charge in [-0.05, 0) is 26.0 Å². The van der Waals surface area contributed by atoms with Crippen LogP contribution in [0.4, 0.5) is 0 Å². The zero-order chi connectivity index (χ0) is 19.8. The summed E-state index contributed by atoms with van der Waals surface area (Å²) in [5.41, 5.74) is 4.55. The van der Waals surface area contributed by atoms with Gasteiger partial charge in [0.05, 0.1) is 29.2 Å². The SMILES string of the molecule is CC(C)n1c(OC2CNC2)nc2cnc(Cc3ccnc(-c4cn[nH]c4)n3)cc21. The van der Waals surface area contributed by atoms with Gasteiger partial charge in [-0.15, -0.1) is 0 Å². The van der Waals surface area contributed by atoms with Crippen LogP contribution in [0.5, 0.6) is 6.01 Å². The first-order chi connectivity index (χ1) is 14.2. The van der Waals surface area contributed by atoms with E-state index in [2.05, 4.69) is 59.9 Å². The van der Waals surface area contributed by atoms with Gasteiger partial charge in [-0.25, -0.2) is 9.97 Å². The van der Waals surface area contributed by atoms with Crippen molar-refractivity contribution in [1.82, 2.24) is 40.0 Å². The summed E-state index contributed by atoms with van der Waals surface area (Å²) >= 11 is 0. The van der Waals surface area contributed by atoms with Gasteiger partial charge >= 0.3 is 0 Å². The Kier molecular flexibility index (Phi) is 4.44. The van der Waals surface area contributed by atoms with Gasteiger partial charge in [0.2, 0.25) is 0 Å². The Morgan fingerprint density at radius 2 is 2.07 bits per heavy atom. The highest BCUT2D eigenvalue weighted by Crippen LogP contribution is 2.27. The summed E-state index contributed by atoms with van der Waals surface area (Å²) in [5.74, 6) is 0.648. The Labute approximate surface area is 167 Å². The number of rotatable bonds is 6. The summed E-state index contributed by atoms with van der Waals surface area (Å²) in [4.78, 5) is 18.2. The Morgan fingerprint density at radius 1 is 1.17 bits per heavy atom. The van der Waals surface area contributed by atoms with E-state index >= 15 is 0 Å². The van der Waals surface area contributed by atoms with Gasteiger partial charge in [0.25, 0.3) is 6.01 Å². The molecule has 0 amide bonds. The van der Waals surface area contributed by atoms with Crippen molar-refractivity contribution in [2.45, 2.75) is 32.4 Å². The number of ether oxygens (including phenoxy) is 1. The van der Waals surface area contributed by atoms with Gasteiger partial charge in [-0.2, -0.15) is 10.1 Å². The molecule has 0 saturated carbocycles. The van der Waals surface area contributed by atoms with Gasteiger partial charge in [-0.1, -0.05) is 0 Å². The molecule has 0 aromatic carbocycles. The molecule has 5 rings (SSSR count). The topological polar surface area (TPSA) is 106 Å². The van der Waals surface area contributed by atoms with E-state index in [-0.39, 0.29) is 12.1 Å². The van der Waals surface area contributed by atoms with Crippen LogP contribution in [0.2, 0.25) is 0 Å². The summed E-state index contributed by atoms with van der Waals surface area (Å²) in [6.07, 6.45) is 7.86. The predicted octanol–water partition coefficient (Wildman–Crippen LogP) is 2.13. The zero-order valence-electron chi connectivity index (χ0n) is 16.3. The van der Waals surface area contributed by atoms with Crippen molar-refractivity contribution in [3.8, 4) is 17.4 Å². The van der Waals surface area contributed by atoms with Crippen molar-refractivity contribution in [1.29, 1.82) is 0 Å². The molecule has 2 N–H and O–H groups in total. The maximum atomic E-state index is 6.08. The number of H-pyrrole nitrogens is 1. The van der Waals surface area contributed by atoms with Crippen molar-refractivity contribution < 1.29 is 4.74 Å². The van der Waals surface area contributed by atoms with Crippen LogP contribution in [0.25, 0.3) is 22.4 Å². The third-order valence-corrected chi connectivity index (χ3v) is 4.96. The molecule has 9 nitrogen and oxygen atoms in total. The van der Waals surface area contributed by atoms with Crippen molar-refractivity contribution >= 4 is 11.0 Å². The van der Waals surface area contributed by atoms with E-state index in [0.717, 1.165) is 41.1 Å². The standard InChI is InChI=1S/C20H22N8O/c1-12(2)28-18-6-15(23-11-17(18)27-20(28)29-16-9-21-10-16)5-14-3-4-22-19(26-14)13-7-24-25-8-13/h3-4,6-8,11-12,16,21H,5,9-10H2,1-2H3,(H,24,25). The summed E-state index contributed by atoms with van der Waals surface area (Å²) in [6.45, 7) is 5.98. The maximum absolute atomic E-state index is 6.08. The average Bonchev–Trinajstić information content (AvgIpc) is 3.32. The van der Waals surface area contributed by atoms with Crippen molar-refractivity contribution in [2.24, 2.45) is 0 Å². The van der Waals surface area contributed by atoms with Crippen molar-refractivity contribution in [2.75, 3.05) is 13.1 Å². The minimum Gasteiger partial charge on any atom is -0.459 e. The third kappa shape index (κ3) is 3.44. The fourth-order valence-electron chi connectivity index (χ4n) is 3.38. The van der Waals surface area contributed by atoms with Crippen LogP contribution in [0.3, 0.4) is 0 Å². The van der Waals surface area contributed by atoms with E-state index in [0.29, 0.717) is 18.3 Å². The lowest BCUT2D eigenvalue weighted by Gasteiger charge is -2.27. The Balaban J connectivity index is 1.46. The first-order valence-electron chi connectivity index (χ1n) is 9.72. The summed E-state index contributed by atoms with van der Waals surface area (Å²) in [7, 11) is 0. The summed E-state index contributed by atoms with van der Waals surface area (Å²) in [5, 5.41) is 9.98. The number of fused-ring (bicyclic) bond motifs is 1. The monoisotopic (exact) mass is 390 g/mol. The highest BCUT2D eigenvalue weighted by Gasteiger charge is 2.23. The number of hydrogen-bond acceptors (Lipinski definition) is 7. The van der Waals surface area contributed by atoms with Gasteiger partial charge in [0.1, 0.15) is 11.6 Å². The molecule has 0 atom stereocenters. The van der Waals surface area contributed by atoms with Crippen molar-refractivity contribution in [3.05, 3.63) is 48.3 Å². The van der Waals surface area contributed by atoms with E-state index < -0.39 is 0 Å². The molecular weight excluding hydrogens is 368 g/mol. The lowest BCUT2D eigenvalue weighted by Crippen LogP contribution is -2.50. The van der Waals surface area contributed by atoms with Crippen LogP contribution in [0.1, 0.15) is 31.3 Å². The number of hydrogen-bond donors (Lipinski definition) is 2. The number of pyridine rings is 1. The molecule has 1 fully saturated rings. The van der Waals surface area contributed by atoms with Crippen LogP contribution >= 0.6 is 0 Å². The molecular formula is C20H22N8O. The number of nitrogens with zero attached hydrogens (tertiary/aromatic N) is 6. The second-order valence-electron chi connectivity index (χ2n) is 7.46. The normalized spacial score (nSPS) is 14.4. The quantitative estimate of drug-likeness (QED) is 0.519. The van der Waals surface area contributed by atoms with Gasteiger partial charge in [0.15, 0.2) is 5.82 Å². The number of nitrogens with one attached hydrogen (secondary N) is 2. The smallest absolute Gasteiger partial charge is 0.298 e. The van der Waals surface area contributed by atoms with E-state index in [1.54, 1.807) is 18.6 Å². The van der Waals surface area contributed by atoms with Crippen molar-refractivity contribution in [3.63, 3.8) is 0 Å². The average molecular weight is 390 g/mol. The lowest BCUT2D eigenvalue weighted by atomic mass is 10.2. The predicted molar refractivity (Wildman–Crippen MR) is 108 cm³/mol. The Morgan fingerprint density at radius 3 is 2.79 bits per heavy atom. The zero-order valence-corrected chi connectivity index (χ0v) is 16.3. The summed E-state index contributed by atoms with van der Waals surface area (Å²) in [6, 6.07) is 4.87. The van der Waals surface area contributed by atoms with Crippen LogP contribution < -0.4 is 10.1 Å². The minimum atomic E-state index is 0.180. The fourth-order valence-corrected chi connectivity index (χ4v) is 3.38. The Hall–Kier alpha value is -3.33. The second-order valence-corrected chi connectivity index (χ2v) is 7.46. The van der Waals surface area contributed by atoms with Gasteiger partial charge in [0, 0.05) is 43.6 Å². The van der Waals surface area contributed by atoms with E-state index in [4.69, 9.17) is 4.74 Å². The molecule has 1 aliphatic heterocycles. The molecule has 0 bridgehead atoms. The molecule has 148 valence electrons. The van der Waals surface area contributed by atoms with Crippen LogP contribution in [0, 0.1) is 0 Å². The molecule has 29 heavy (non-hydrogen) atoms. The lowest BCUT2D eigenvalue weighted by molar-refractivity contribution is 0.123. The number of aromatic nitrogens is 7. The Bertz CT molecular complexity index is 1130. The first kappa shape index (κ1) is 17.7. The van der Waals surface area contributed by atoms with Crippen LogP contribution in [0.15, 0.2) is 36.9 Å². The number of aromatic amines is 1. The van der Waals surface area contributed by atoms with Gasteiger partial charge in [-0.3, -0.25) is 14.6 Å². The molecule has 0 unspecified atom stereocenters. The largest absolute Gasteiger partial charge is 0.459 e. The highest BCUT2D eigenvalue weighted by atomic mass is 16.5. The molecule has 0 radical (unpaired) electrons. The molecule has 0 spiro atoms. The van der Waals surface area contributed by atoms with E-state index in [1.807, 2.05) is 12.3 Å². The molecule has 9 heteroatoms. The molecule has 1 aliphatic rings. The first-order valence-corrected chi connectivity index (χ1v) is 9.72. The molecule has 4 aromatic heterocycles. The number of imidazole rings is 1. The van der Waals surface area contributed by atoms with Gasteiger partial charge < -0.3 is 10.1 Å². The summed E-state index contributed by atoms with van der Waals surface area (Å²) < 4.78 is 8.21. The van der Waals surface area contributed by atoms with E-state index in [1.165, 1.54) is 0 Å². The highest BCUT2D eigenvalue weighted by molar-refractivity contribution is 5.76. The molecule has 1 saturated heterocycles. The molecule has 5 heterocycles. The minimum absolute atomic E-state index is 0.180. The second kappa shape index (κ2) is 7.25. The van der Waals surface area contributed by atoms with Crippen LogP contribution in [-0.4, -0.2) is 53.9 Å². The molecule has 0 aliphatic carbocycles. The van der Waals surface area contributed by atoms with Crippen LogP contribution in [-0.2, 0) is 6.42 Å². The maximum Gasteiger partial charge on any atom is 0.298 e. The fraction of sp³-hybridized carbons (Fsp3) is 0.350. The third-order valence-electron chi connectivity index (χ3n) is 4.96. The molecule has 4 aromatic rings.